The van der Waals surface area contributed by atoms with Crippen LogP contribution in [0.2, 0.25) is 0 Å². The van der Waals surface area contributed by atoms with Gasteiger partial charge in [-0.05, 0) is 44.2 Å². The van der Waals surface area contributed by atoms with E-state index in [1.807, 2.05) is 29.1 Å². The number of nitrogens with one attached hydrogen (secondary N) is 1. The smallest absolute Gasteiger partial charge is 0.239 e. The van der Waals surface area contributed by atoms with Gasteiger partial charge in [0.1, 0.15) is 6.54 Å². The molecule has 1 aromatic rings. The highest BCUT2D eigenvalue weighted by molar-refractivity contribution is 5.75. The molecule has 0 saturated heterocycles. The maximum Gasteiger partial charge on any atom is 0.239 e. The number of hydrogen-bond donors (Lipinski definition) is 1. The molecule has 1 N–H and O–H groups in total. The zero-order valence-electron chi connectivity index (χ0n) is 10.2. The van der Waals surface area contributed by atoms with Crippen molar-refractivity contribution in [3.05, 3.63) is 36.2 Å². The Morgan fingerprint density at radius 3 is 2.82 bits per heavy atom. The van der Waals surface area contributed by atoms with Gasteiger partial charge in [-0.3, -0.25) is 4.79 Å². The van der Waals surface area contributed by atoms with Crippen LogP contribution in [0.15, 0.2) is 36.2 Å². The lowest BCUT2D eigenvalue weighted by atomic mass is 9.97. The van der Waals surface area contributed by atoms with Crippen molar-refractivity contribution in [1.82, 2.24) is 9.88 Å². The van der Waals surface area contributed by atoms with Crippen molar-refractivity contribution in [3.63, 3.8) is 0 Å². The number of carbonyl (C=O) groups excluding carboxylic acids is 1. The second-order valence-electron chi connectivity index (χ2n) is 4.56. The van der Waals surface area contributed by atoms with Gasteiger partial charge in [-0.1, -0.05) is 11.6 Å². The predicted molar refractivity (Wildman–Crippen MR) is 68.6 cm³/mol. The van der Waals surface area contributed by atoms with E-state index in [0.29, 0.717) is 6.54 Å². The lowest BCUT2D eigenvalue weighted by Crippen LogP contribution is -2.28. The highest BCUT2D eigenvalue weighted by Gasteiger charge is 2.05. The lowest BCUT2D eigenvalue weighted by molar-refractivity contribution is -0.121. The van der Waals surface area contributed by atoms with Crippen molar-refractivity contribution in [1.29, 1.82) is 0 Å². The molecule has 0 radical (unpaired) electrons. The van der Waals surface area contributed by atoms with Crippen molar-refractivity contribution >= 4 is 5.91 Å². The summed E-state index contributed by atoms with van der Waals surface area (Å²) in [6, 6.07) is 3.86. The summed E-state index contributed by atoms with van der Waals surface area (Å²) in [7, 11) is 0. The van der Waals surface area contributed by atoms with Crippen LogP contribution in [0.5, 0.6) is 0 Å². The molecule has 1 heterocycles. The zero-order valence-corrected chi connectivity index (χ0v) is 10.2. The lowest BCUT2D eigenvalue weighted by Gasteiger charge is -2.13. The average Bonchev–Trinajstić information content (AvgIpc) is 2.83. The van der Waals surface area contributed by atoms with Crippen LogP contribution in [-0.2, 0) is 11.3 Å². The number of allylic oxidation sites excluding steroid dienone is 1. The Bertz CT molecular complexity index is 379. The van der Waals surface area contributed by atoms with Gasteiger partial charge in [0.15, 0.2) is 0 Å². The SMILES string of the molecule is O=C(Cn1cccc1)NCCC1=CCCCC1. The minimum absolute atomic E-state index is 0.0950. The van der Waals surface area contributed by atoms with E-state index in [2.05, 4.69) is 11.4 Å². The Morgan fingerprint density at radius 2 is 2.12 bits per heavy atom. The second-order valence-corrected chi connectivity index (χ2v) is 4.56. The van der Waals surface area contributed by atoms with Crippen LogP contribution in [0, 0.1) is 0 Å². The first kappa shape index (κ1) is 12.0. The molecule has 1 aliphatic rings. The van der Waals surface area contributed by atoms with Crippen LogP contribution in [0.4, 0.5) is 0 Å². The van der Waals surface area contributed by atoms with E-state index < -0.39 is 0 Å². The maximum absolute atomic E-state index is 11.6. The Hall–Kier alpha value is -1.51. The van der Waals surface area contributed by atoms with Gasteiger partial charge in [0, 0.05) is 18.9 Å². The van der Waals surface area contributed by atoms with Crippen molar-refractivity contribution in [2.24, 2.45) is 0 Å². The molecule has 0 aliphatic heterocycles. The number of amides is 1. The van der Waals surface area contributed by atoms with E-state index in [9.17, 15) is 4.79 Å². The van der Waals surface area contributed by atoms with Crippen molar-refractivity contribution < 1.29 is 4.79 Å². The molecule has 0 fully saturated rings. The summed E-state index contributed by atoms with van der Waals surface area (Å²) in [5.41, 5.74) is 1.51. The Balaban J connectivity index is 1.64. The summed E-state index contributed by atoms with van der Waals surface area (Å²) in [6.45, 7) is 1.19. The standard InChI is InChI=1S/C14H20N2O/c17-14(12-16-10-4-5-11-16)15-9-8-13-6-2-1-3-7-13/h4-6,10-11H,1-3,7-9,12H2,(H,15,17). The molecule has 17 heavy (non-hydrogen) atoms. The fraction of sp³-hybridized carbons (Fsp3) is 0.500. The first-order valence-electron chi connectivity index (χ1n) is 6.40. The minimum atomic E-state index is 0.0950. The van der Waals surface area contributed by atoms with Crippen LogP contribution in [0.1, 0.15) is 32.1 Å². The fourth-order valence-corrected chi connectivity index (χ4v) is 2.19. The van der Waals surface area contributed by atoms with E-state index in [4.69, 9.17) is 0 Å². The van der Waals surface area contributed by atoms with Gasteiger partial charge in [0.2, 0.25) is 5.91 Å². The summed E-state index contributed by atoms with van der Waals surface area (Å²) in [6.07, 6.45) is 12.2. The number of rotatable bonds is 5. The monoisotopic (exact) mass is 232 g/mol. The molecule has 3 nitrogen and oxygen atoms in total. The first-order valence-corrected chi connectivity index (χ1v) is 6.40. The van der Waals surface area contributed by atoms with Crippen LogP contribution in [-0.4, -0.2) is 17.0 Å². The number of hydrogen-bond acceptors (Lipinski definition) is 1. The average molecular weight is 232 g/mol. The van der Waals surface area contributed by atoms with E-state index in [1.165, 1.54) is 31.3 Å². The third kappa shape index (κ3) is 4.10. The predicted octanol–water partition coefficient (Wildman–Crippen LogP) is 2.49. The van der Waals surface area contributed by atoms with E-state index in [0.717, 1.165) is 13.0 Å². The second kappa shape index (κ2) is 6.28. The Morgan fingerprint density at radius 1 is 1.29 bits per heavy atom. The molecule has 0 aromatic carbocycles. The van der Waals surface area contributed by atoms with Gasteiger partial charge >= 0.3 is 0 Å². The summed E-state index contributed by atoms with van der Waals surface area (Å²) >= 11 is 0. The zero-order chi connectivity index (χ0) is 11.9. The largest absolute Gasteiger partial charge is 0.354 e. The normalized spacial score (nSPS) is 15.4. The van der Waals surface area contributed by atoms with Crippen molar-refractivity contribution in [3.8, 4) is 0 Å². The molecule has 1 aromatic heterocycles. The number of aromatic nitrogens is 1. The highest BCUT2D eigenvalue weighted by atomic mass is 16.1. The quantitative estimate of drug-likeness (QED) is 0.778. The Kier molecular flexibility index (Phi) is 4.42. The van der Waals surface area contributed by atoms with Crippen molar-refractivity contribution in [2.45, 2.75) is 38.6 Å². The Labute approximate surface area is 103 Å². The number of nitrogens with zero attached hydrogens (tertiary/aromatic N) is 1. The molecule has 2 rings (SSSR count). The van der Waals surface area contributed by atoms with E-state index in [-0.39, 0.29) is 5.91 Å². The molecular formula is C14H20N2O. The van der Waals surface area contributed by atoms with Crippen LogP contribution in [0.3, 0.4) is 0 Å². The van der Waals surface area contributed by atoms with E-state index in [1.54, 1.807) is 0 Å². The topological polar surface area (TPSA) is 34.0 Å². The first-order chi connectivity index (χ1) is 8.34. The minimum Gasteiger partial charge on any atom is -0.354 e. The molecule has 0 atom stereocenters. The van der Waals surface area contributed by atoms with E-state index >= 15 is 0 Å². The van der Waals surface area contributed by atoms with Gasteiger partial charge in [0.25, 0.3) is 0 Å². The third-order valence-electron chi connectivity index (χ3n) is 3.15. The van der Waals surface area contributed by atoms with Gasteiger partial charge < -0.3 is 9.88 Å². The maximum atomic E-state index is 11.6. The molecule has 3 heteroatoms. The van der Waals surface area contributed by atoms with Crippen LogP contribution < -0.4 is 5.32 Å². The molecule has 0 bridgehead atoms. The summed E-state index contributed by atoms with van der Waals surface area (Å²) in [5, 5.41) is 2.97. The van der Waals surface area contributed by atoms with Gasteiger partial charge in [-0.15, -0.1) is 0 Å². The molecule has 0 saturated carbocycles. The van der Waals surface area contributed by atoms with Crippen LogP contribution in [0.25, 0.3) is 0 Å². The third-order valence-corrected chi connectivity index (χ3v) is 3.15. The summed E-state index contributed by atoms with van der Waals surface area (Å²) < 4.78 is 1.88. The molecule has 0 spiro atoms. The summed E-state index contributed by atoms with van der Waals surface area (Å²) in [5.74, 6) is 0.0950. The van der Waals surface area contributed by atoms with Gasteiger partial charge in [-0.25, -0.2) is 0 Å². The highest BCUT2D eigenvalue weighted by Crippen LogP contribution is 2.19. The molecule has 0 unspecified atom stereocenters. The fourth-order valence-electron chi connectivity index (χ4n) is 2.19. The molecule has 92 valence electrons. The van der Waals surface area contributed by atoms with Crippen molar-refractivity contribution in [2.75, 3.05) is 6.54 Å². The summed E-state index contributed by atoms with van der Waals surface area (Å²) in [4.78, 5) is 11.6. The number of carbonyl (C=O) groups is 1. The molecule has 1 aliphatic carbocycles. The van der Waals surface area contributed by atoms with Gasteiger partial charge in [0.05, 0.1) is 0 Å². The molecular weight excluding hydrogens is 212 g/mol. The van der Waals surface area contributed by atoms with Gasteiger partial charge in [-0.2, -0.15) is 0 Å². The van der Waals surface area contributed by atoms with Crippen LogP contribution >= 0.6 is 0 Å². The molecule has 1 amide bonds.